The summed E-state index contributed by atoms with van der Waals surface area (Å²) in [6, 6.07) is 3.05. The van der Waals surface area contributed by atoms with Gasteiger partial charge in [-0.3, -0.25) is 4.79 Å². The Bertz CT molecular complexity index is 378. The fourth-order valence-corrected chi connectivity index (χ4v) is 1.70. The minimum atomic E-state index is -0.326. The van der Waals surface area contributed by atoms with Crippen molar-refractivity contribution < 1.29 is 9.90 Å². The summed E-state index contributed by atoms with van der Waals surface area (Å²) < 4.78 is 0. The number of aromatic hydroxyl groups is 1. The monoisotopic (exact) mass is 251 g/mol. The van der Waals surface area contributed by atoms with Crippen molar-refractivity contribution in [3.63, 3.8) is 0 Å². The largest absolute Gasteiger partial charge is 0.505 e. The molecule has 0 fully saturated rings. The van der Waals surface area contributed by atoms with Crippen molar-refractivity contribution in [3.8, 4) is 5.75 Å². The van der Waals surface area contributed by atoms with E-state index in [0.717, 1.165) is 26.1 Å². The van der Waals surface area contributed by atoms with Gasteiger partial charge in [-0.25, -0.2) is 4.98 Å². The molecule has 5 nitrogen and oxygen atoms in total. The molecule has 5 heteroatoms. The fraction of sp³-hybridized carbons (Fsp3) is 0.538. The molecule has 0 atom stereocenters. The van der Waals surface area contributed by atoms with Gasteiger partial charge in [-0.1, -0.05) is 13.8 Å². The lowest BCUT2D eigenvalue weighted by molar-refractivity contribution is 0.0944. The number of rotatable bonds is 7. The first kappa shape index (κ1) is 14.4. The third-order valence-electron chi connectivity index (χ3n) is 2.83. The van der Waals surface area contributed by atoms with Gasteiger partial charge in [-0.2, -0.15) is 0 Å². The number of hydrogen-bond donors (Lipinski definition) is 2. The van der Waals surface area contributed by atoms with Crippen LogP contribution in [0.5, 0.6) is 5.75 Å². The van der Waals surface area contributed by atoms with E-state index in [1.165, 1.54) is 12.3 Å². The molecule has 1 heterocycles. The smallest absolute Gasteiger partial charge is 0.273 e. The molecule has 1 aromatic heterocycles. The zero-order chi connectivity index (χ0) is 13.4. The molecular formula is C13H21N3O2. The van der Waals surface area contributed by atoms with Crippen LogP contribution in [-0.2, 0) is 0 Å². The Balaban J connectivity index is 2.32. The summed E-state index contributed by atoms with van der Waals surface area (Å²) in [6.45, 7) is 7.83. The molecular weight excluding hydrogens is 230 g/mol. The Morgan fingerprint density at radius 1 is 1.44 bits per heavy atom. The summed E-state index contributed by atoms with van der Waals surface area (Å²) >= 11 is 0. The van der Waals surface area contributed by atoms with E-state index < -0.39 is 0 Å². The van der Waals surface area contributed by atoms with Gasteiger partial charge in [0, 0.05) is 12.7 Å². The highest BCUT2D eigenvalue weighted by Gasteiger charge is 2.11. The average Bonchev–Trinajstić information content (AvgIpc) is 2.39. The lowest BCUT2D eigenvalue weighted by atomic mass is 10.3. The van der Waals surface area contributed by atoms with Gasteiger partial charge in [-0.15, -0.1) is 0 Å². The van der Waals surface area contributed by atoms with Crippen LogP contribution in [0.3, 0.4) is 0 Å². The van der Waals surface area contributed by atoms with E-state index in [9.17, 15) is 9.90 Å². The van der Waals surface area contributed by atoms with Crippen molar-refractivity contribution in [2.24, 2.45) is 0 Å². The van der Waals surface area contributed by atoms with Gasteiger partial charge in [-0.05, 0) is 38.2 Å². The number of hydrogen-bond acceptors (Lipinski definition) is 4. The lowest BCUT2D eigenvalue weighted by Crippen LogP contribution is -2.30. The molecule has 0 saturated heterocycles. The molecule has 0 aliphatic carbocycles. The van der Waals surface area contributed by atoms with Crippen LogP contribution in [0.1, 0.15) is 30.8 Å². The van der Waals surface area contributed by atoms with Crippen molar-refractivity contribution in [1.82, 2.24) is 15.2 Å². The van der Waals surface area contributed by atoms with Gasteiger partial charge < -0.3 is 15.3 Å². The predicted molar refractivity (Wildman–Crippen MR) is 70.6 cm³/mol. The minimum Gasteiger partial charge on any atom is -0.505 e. The fourth-order valence-electron chi connectivity index (χ4n) is 1.70. The van der Waals surface area contributed by atoms with Crippen LogP contribution in [0.2, 0.25) is 0 Å². The highest BCUT2D eigenvalue weighted by atomic mass is 16.3. The van der Waals surface area contributed by atoms with Crippen molar-refractivity contribution in [2.45, 2.75) is 20.3 Å². The Morgan fingerprint density at radius 2 is 2.17 bits per heavy atom. The SMILES string of the molecule is CCN(CC)CCCNC(=O)c1ncccc1O. The van der Waals surface area contributed by atoms with Crippen molar-refractivity contribution in [2.75, 3.05) is 26.2 Å². The average molecular weight is 251 g/mol. The Kier molecular flexibility index (Phi) is 6.14. The maximum atomic E-state index is 11.7. The van der Waals surface area contributed by atoms with E-state index in [1.54, 1.807) is 6.07 Å². The predicted octanol–water partition coefficient (Wildman–Crippen LogP) is 1.25. The summed E-state index contributed by atoms with van der Waals surface area (Å²) in [6.07, 6.45) is 2.38. The molecule has 0 spiro atoms. The van der Waals surface area contributed by atoms with Crippen LogP contribution in [0.4, 0.5) is 0 Å². The molecule has 18 heavy (non-hydrogen) atoms. The number of pyridine rings is 1. The standard InChI is InChI=1S/C13H21N3O2/c1-3-16(4-2)10-6-9-15-13(18)12-11(17)7-5-8-14-12/h5,7-8,17H,3-4,6,9-10H2,1-2H3,(H,15,18). The van der Waals surface area contributed by atoms with Crippen molar-refractivity contribution >= 4 is 5.91 Å². The molecule has 1 rings (SSSR count). The molecule has 0 bridgehead atoms. The van der Waals surface area contributed by atoms with E-state index in [1.807, 2.05) is 0 Å². The number of carbonyl (C=O) groups is 1. The summed E-state index contributed by atoms with van der Waals surface area (Å²) in [7, 11) is 0. The zero-order valence-electron chi connectivity index (χ0n) is 11.0. The van der Waals surface area contributed by atoms with Crippen LogP contribution in [0, 0.1) is 0 Å². The summed E-state index contributed by atoms with van der Waals surface area (Å²) in [4.78, 5) is 17.9. The van der Waals surface area contributed by atoms with Crippen molar-refractivity contribution in [1.29, 1.82) is 0 Å². The number of carbonyl (C=O) groups excluding carboxylic acids is 1. The second-order valence-electron chi connectivity index (χ2n) is 4.01. The van der Waals surface area contributed by atoms with Crippen molar-refractivity contribution in [3.05, 3.63) is 24.0 Å². The van der Waals surface area contributed by atoms with Gasteiger partial charge in [0.1, 0.15) is 5.75 Å². The molecule has 0 radical (unpaired) electrons. The first-order valence-corrected chi connectivity index (χ1v) is 6.33. The number of aromatic nitrogens is 1. The second kappa shape index (κ2) is 7.66. The minimum absolute atomic E-state index is 0.0836. The van der Waals surface area contributed by atoms with Gasteiger partial charge in [0.15, 0.2) is 5.69 Å². The molecule has 1 amide bonds. The highest BCUT2D eigenvalue weighted by molar-refractivity contribution is 5.94. The molecule has 0 unspecified atom stereocenters. The zero-order valence-corrected chi connectivity index (χ0v) is 11.0. The number of nitrogens with one attached hydrogen (secondary N) is 1. The van der Waals surface area contributed by atoms with E-state index in [2.05, 4.69) is 29.0 Å². The summed E-state index contributed by atoms with van der Waals surface area (Å²) in [5.41, 5.74) is 0.0836. The molecule has 1 aromatic rings. The Morgan fingerprint density at radius 3 is 2.78 bits per heavy atom. The van der Waals surface area contributed by atoms with E-state index in [0.29, 0.717) is 6.54 Å². The van der Waals surface area contributed by atoms with Crippen LogP contribution in [-0.4, -0.2) is 47.1 Å². The van der Waals surface area contributed by atoms with E-state index >= 15 is 0 Å². The molecule has 0 aliphatic rings. The van der Waals surface area contributed by atoms with Gasteiger partial charge in [0.2, 0.25) is 0 Å². The molecule has 100 valence electrons. The topological polar surface area (TPSA) is 65.5 Å². The van der Waals surface area contributed by atoms with Gasteiger partial charge in [0.05, 0.1) is 0 Å². The first-order valence-electron chi connectivity index (χ1n) is 6.33. The van der Waals surface area contributed by atoms with Crippen LogP contribution in [0.25, 0.3) is 0 Å². The van der Waals surface area contributed by atoms with Gasteiger partial charge >= 0.3 is 0 Å². The maximum absolute atomic E-state index is 11.7. The normalized spacial score (nSPS) is 10.6. The third-order valence-corrected chi connectivity index (χ3v) is 2.83. The third kappa shape index (κ3) is 4.33. The number of amides is 1. The quantitative estimate of drug-likeness (QED) is 0.716. The van der Waals surface area contributed by atoms with Crippen LogP contribution < -0.4 is 5.32 Å². The molecule has 0 aromatic carbocycles. The van der Waals surface area contributed by atoms with E-state index in [-0.39, 0.29) is 17.4 Å². The first-order chi connectivity index (χ1) is 8.69. The maximum Gasteiger partial charge on any atom is 0.273 e. The van der Waals surface area contributed by atoms with Gasteiger partial charge in [0.25, 0.3) is 5.91 Å². The molecule has 0 aliphatic heterocycles. The van der Waals surface area contributed by atoms with Crippen LogP contribution in [0.15, 0.2) is 18.3 Å². The van der Waals surface area contributed by atoms with E-state index in [4.69, 9.17) is 0 Å². The molecule has 2 N–H and O–H groups in total. The lowest BCUT2D eigenvalue weighted by Gasteiger charge is -2.17. The summed E-state index contributed by atoms with van der Waals surface area (Å²) in [5, 5.41) is 12.2. The highest BCUT2D eigenvalue weighted by Crippen LogP contribution is 2.11. The van der Waals surface area contributed by atoms with Crippen LogP contribution >= 0.6 is 0 Å². The summed E-state index contributed by atoms with van der Waals surface area (Å²) in [5.74, 6) is -0.411. The Labute approximate surface area is 108 Å². The second-order valence-corrected chi connectivity index (χ2v) is 4.01. The molecule has 0 saturated carbocycles. The Hall–Kier alpha value is -1.62. The number of nitrogens with zero attached hydrogens (tertiary/aromatic N) is 2.